The summed E-state index contributed by atoms with van der Waals surface area (Å²) in [6.07, 6.45) is -0.671. The van der Waals surface area contributed by atoms with E-state index in [4.69, 9.17) is 21.4 Å². The molecule has 0 aliphatic heterocycles. The molecule has 158 valence electrons. The average Bonchev–Trinajstić information content (AvgIpc) is 3.17. The molecule has 0 saturated carbocycles. The van der Waals surface area contributed by atoms with Crippen molar-refractivity contribution in [3.63, 3.8) is 0 Å². The third-order valence-electron chi connectivity index (χ3n) is 4.43. The first-order chi connectivity index (χ1) is 14.3. The summed E-state index contributed by atoms with van der Waals surface area (Å²) in [5, 5.41) is 24.2. The first kappa shape index (κ1) is 21.7. The van der Waals surface area contributed by atoms with Crippen LogP contribution in [0.1, 0.15) is 38.1 Å². The van der Waals surface area contributed by atoms with Gasteiger partial charge in [-0.25, -0.2) is 4.79 Å². The maximum Gasteiger partial charge on any atom is 0.412 e. The van der Waals surface area contributed by atoms with Gasteiger partial charge in [-0.2, -0.15) is 4.68 Å². The summed E-state index contributed by atoms with van der Waals surface area (Å²) in [4.78, 5) is 12.2. The monoisotopic (exact) mass is 429 g/mol. The number of aryl methyl sites for hydroxylation is 1. The largest absolute Gasteiger partial charge is 0.412 e. The van der Waals surface area contributed by atoms with E-state index in [1.165, 1.54) is 0 Å². The van der Waals surface area contributed by atoms with Crippen LogP contribution < -0.4 is 10.1 Å². The van der Waals surface area contributed by atoms with Crippen LogP contribution in [-0.4, -0.2) is 44.1 Å². The molecule has 9 heteroatoms. The van der Waals surface area contributed by atoms with E-state index in [1.54, 1.807) is 23.7 Å². The molecule has 1 heterocycles. The Labute approximate surface area is 179 Å². The van der Waals surface area contributed by atoms with Gasteiger partial charge < -0.3 is 15.2 Å². The Kier molecular flexibility index (Phi) is 6.69. The van der Waals surface area contributed by atoms with Crippen molar-refractivity contribution >= 4 is 17.7 Å². The molecule has 0 spiro atoms. The first-order valence-corrected chi connectivity index (χ1v) is 9.95. The van der Waals surface area contributed by atoms with Gasteiger partial charge in [-0.15, -0.1) is 5.10 Å². The number of halogens is 1. The zero-order valence-electron chi connectivity index (χ0n) is 17.3. The van der Waals surface area contributed by atoms with Crippen LogP contribution in [0.2, 0.25) is 5.02 Å². The highest BCUT2D eigenvalue weighted by Crippen LogP contribution is 2.33. The quantitative estimate of drug-likeness (QED) is 0.616. The minimum atomic E-state index is -0.671. The Bertz CT molecular complexity index is 1050. The van der Waals surface area contributed by atoms with Gasteiger partial charge in [0.05, 0.1) is 18.3 Å². The number of carbonyl (C=O) groups is 1. The average molecular weight is 430 g/mol. The summed E-state index contributed by atoms with van der Waals surface area (Å²) in [6, 6.07) is 10.6. The van der Waals surface area contributed by atoms with Crippen molar-refractivity contribution < 1.29 is 14.6 Å². The number of ether oxygens (including phenoxy) is 1. The number of tetrazole rings is 1. The lowest BCUT2D eigenvalue weighted by Crippen LogP contribution is -2.37. The minimum Gasteiger partial charge on any atom is -0.410 e. The smallest absolute Gasteiger partial charge is 0.410 e. The van der Waals surface area contributed by atoms with Gasteiger partial charge in [-0.3, -0.25) is 0 Å². The Balaban J connectivity index is 2.08. The van der Waals surface area contributed by atoms with Gasteiger partial charge >= 0.3 is 6.09 Å². The number of benzene rings is 2. The molecule has 8 nitrogen and oxygen atoms in total. The van der Waals surface area contributed by atoms with Crippen LogP contribution in [0.4, 0.5) is 4.79 Å². The lowest BCUT2D eigenvalue weighted by Gasteiger charge is -2.15. The van der Waals surface area contributed by atoms with Crippen LogP contribution in [-0.2, 0) is 0 Å². The Morgan fingerprint density at radius 2 is 2.00 bits per heavy atom. The predicted molar refractivity (Wildman–Crippen MR) is 114 cm³/mol. The maximum atomic E-state index is 12.2. The van der Waals surface area contributed by atoms with Crippen LogP contribution >= 0.6 is 11.6 Å². The molecule has 0 unspecified atom stereocenters. The van der Waals surface area contributed by atoms with Crippen LogP contribution in [0.3, 0.4) is 0 Å². The van der Waals surface area contributed by atoms with Gasteiger partial charge in [0.25, 0.3) is 0 Å². The fraction of sp³-hybridized carbons (Fsp3) is 0.333. The van der Waals surface area contributed by atoms with Crippen molar-refractivity contribution in [3.8, 4) is 22.6 Å². The summed E-state index contributed by atoms with van der Waals surface area (Å²) in [6.45, 7) is 7.42. The lowest BCUT2D eigenvalue weighted by molar-refractivity contribution is 0.186. The number of amides is 1. The number of nitrogens with zero attached hydrogens (tertiary/aromatic N) is 4. The van der Waals surface area contributed by atoms with Crippen LogP contribution in [0.25, 0.3) is 16.8 Å². The Morgan fingerprint density at radius 3 is 2.67 bits per heavy atom. The molecule has 0 saturated heterocycles. The van der Waals surface area contributed by atoms with E-state index in [0.717, 1.165) is 16.7 Å². The summed E-state index contributed by atoms with van der Waals surface area (Å²) in [5.41, 5.74) is 3.21. The fourth-order valence-electron chi connectivity index (χ4n) is 2.90. The van der Waals surface area contributed by atoms with E-state index in [-0.39, 0.29) is 12.5 Å². The summed E-state index contributed by atoms with van der Waals surface area (Å²) >= 11 is 6.47. The zero-order chi connectivity index (χ0) is 21.8. The number of aromatic nitrogens is 4. The maximum absolute atomic E-state index is 12.2. The summed E-state index contributed by atoms with van der Waals surface area (Å²) < 4.78 is 7.07. The molecule has 2 N–H and O–H groups in total. The topological polar surface area (TPSA) is 102 Å². The normalized spacial score (nSPS) is 12.1. The van der Waals surface area contributed by atoms with Crippen molar-refractivity contribution in [2.75, 3.05) is 6.61 Å². The van der Waals surface area contributed by atoms with E-state index in [0.29, 0.717) is 22.3 Å². The highest BCUT2D eigenvalue weighted by Gasteiger charge is 2.17. The van der Waals surface area contributed by atoms with Gasteiger partial charge in [0.2, 0.25) is 0 Å². The second kappa shape index (κ2) is 9.23. The van der Waals surface area contributed by atoms with Gasteiger partial charge in [-0.1, -0.05) is 37.6 Å². The van der Waals surface area contributed by atoms with E-state index in [2.05, 4.69) is 20.8 Å². The fourth-order valence-corrected chi connectivity index (χ4v) is 3.24. The molecule has 0 aliphatic carbocycles. The summed E-state index contributed by atoms with van der Waals surface area (Å²) in [5.74, 6) is 1.06. The molecule has 3 aromatic rings. The Morgan fingerprint density at radius 1 is 1.23 bits per heavy atom. The molecule has 0 fully saturated rings. The molecule has 0 radical (unpaired) electrons. The molecular weight excluding hydrogens is 406 g/mol. The molecule has 2 aromatic carbocycles. The molecule has 1 atom stereocenters. The number of aliphatic hydroxyl groups excluding tert-OH is 1. The van der Waals surface area contributed by atoms with Crippen LogP contribution in [0.5, 0.6) is 5.75 Å². The molecule has 30 heavy (non-hydrogen) atoms. The van der Waals surface area contributed by atoms with E-state index < -0.39 is 12.1 Å². The Hall–Kier alpha value is -2.97. The minimum absolute atomic E-state index is 0.0877. The van der Waals surface area contributed by atoms with Crippen LogP contribution in [0.15, 0.2) is 36.4 Å². The second-order valence-electron chi connectivity index (χ2n) is 7.42. The molecule has 1 amide bonds. The van der Waals surface area contributed by atoms with Gasteiger partial charge in [0.1, 0.15) is 5.75 Å². The number of carbonyl (C=O) groups excluding carboxylic acids is 1. The number of nitrogens with one attached hydrogen (secondary N) is 1. The van der Waals surface area contributed by atoms with E-state index >= 15 is 0 Å². The highest BCUT2D eigenvalue weighted by molar-refractivity contribution is 6.33. The molecule has 0 aliphatic rings. The second-order valence-corrected chi connectivity index (χ2v) is 7.83. The van der Waals surface area contributed by atoms with Crippen molar-refractivity contribution in [1.29, 1.82) is 0 Å². The van der Waals surface area contributed by atoms with E-state index in [9.17, 15) is 4.79 Å². The third kappa shape index (κ3) is 4.95. The van der Waals surface area contributed by atoms with Gasteiger partial charge in [-0.05, 0) is 53.6 Å². The van der Waals surface area contributed by atoms with Crippen LogP contribution in [0, 0.1) is 6.92 Å². The molecular formula is C21H24ClN5O3. The van der Waals surface area contributed by atoms with Crippen molar-refractivity contribution in [2.45, 2.75) is 39.7 Å². The molecule has 1 aromatic heterocycles. The number of hydrogen-bond acceptors (Lipinski definition) is 6. The van der Waals surface area contributed by atoms with E-state index in [1.807, 2.05) is 45.0 Å². The summed E-state index contributed by atoms with van der Waals surface area (Å²) in [7, 11) is 0. The van der Waals surface area contributed by atoms with Crippen molar-refractivity contribution in [2.24, 2.45) is 0 Å². The SMILES string of the molecule is Cc1ccc(-c2cc(OC(=O)N[C@@H](C)CO)cc(-n3nnnc3C(C)C)c2)c(Cl)c1. The lowest BCUT2D eigenvalue weighted by atomic mass is 10.0. The zero-order valence-corrected chi connectivity index (χ0v) is 18.0. The third-order valence-corrected chi connectivity index (χ3v) is 4.74. The van der Waals surface area contributed by atoms with Crippen molar-refractivity contribution in [3.05, 3.63) is 52.8 Å². The highest BCUT2D eigenvalue weighted by atomic mass is 35.5. The number of rotatable bonds is 6. The standard InChI is InChI=1S/C21H24ClN5O3/c1-12(2)20-24-25-26-27(20)16-8-15(18-6-5-13(3)7-19(18)22)9-17(10-16)30-21(29)23-14(4)11-28/h5-10,12,14,28H,11H2,1-4H3,(H,23,29)/t14-/m0/s1. The number of hydrogen-bond donors (Lipinski definition) is 2. The van der Waals surface area contributed by atoms with Crippen molar-refractivity contribution in [1.82, 2.24) is 25.5 Å². The first-order valence-electron chi connectivity index (χ1n) is 9.58. The van der Waals surface area contributed by atoms with Gasteiger partial charge in [0.15, 0.2) is 5.82 Å². The molecule has 3 rings (SSSR count). The van der Waals surface area contributed by atoms with Gasteiger partial charge in [0, 0.05) is 22.6 Å². The number of aliphatic hydroxyl groups is 1. The predicted octanol–water partition coefficient (Wildman–Crippen LogP) is 3.88. The molecule has 0 bridgehead atoms.